The molecule has 0 bridgehead atoms. The van der Waals surface area contributed by atoms with Crippen LogP contribution in [0.1, 0.15) is 17.0 Å². The first-order chi connectivity index (χ1) is 9.38. The number of aromatic nitrogens is 2. The van der Waals surface area contributed by atoms with Crippen molar-refractivity contribution in [2.45, 2.75) is 25.3 Å². The fourth-order valence-corrected chi connectivity index (χ4v) is 2.91. The molecule has 1 heterocycles. The first-order valence-corrected chi connectivity index (χ1v) is 7.42. The molecule has 0 amide bonds. The Labute approximate surface area is 116 Å². The minimum Gasteiger partial charge on any atom is -0.207 e. The van der Waals surface area contributed by atoms with Crippen LogP contribution in [0.25, 0.3) is 0 Å². The second-order valence-electron chi connectivity index (χ2n) is 4.40. The van der Waals surface area contributed by atoms with Crippen LogP contribution in [0.4, 0.5) is 4.39 Å². The van der Waals surface area contributed by atoms with Gasteiger partial charge in [-0.2, -0.15) is 10.2 Å². The minimum absolute atomic E-state index is 0.0342. The lowest BCUT2D eigenvalue weighted by Gasteiger charge is -2.08. The van der Waals surface area contributed by atoms with Crippen LogP contribution in [0.5, 0.6) is 0 Å². The van der Waals surface area contributed by atoms with Gasteiger partial charge in [-0.05, 0) is 49.7 Å². The molecule has 0 unspecified atom stereocenters. The predicted octanol–water partition coefficient (Wildman–Crippen LogP) is 1.71. The van der Waals surface area contributed by atoms with Gasteiger partial charge in [0.15, 0.2) is 0 Å². The zero-order valence-electron chi connectivity index (χ0n) is 11.1. The molecule has 2 aromatic rings. The molecule has 0 aliphatic heterocycles. The number of nitrogens with zero attached hydrogens (tertiary/aromatic N) is 2. The largest absolute Gasteiger partial charge is 0.241 e. The molecule has 0 fully saturated rings. The van der Waals surface area contributed by atoms with Crippen LogP contribution < -0.4 is 4.72 Å². The third-order valence-electron chi connectivity index (χ3n) is 2.72. The molecule has 0 radical (unpaired) electrons. The highest BCUT2D eigenvalue weighted by atomic mass is 32.2. The number of nitrogens with one attached hydrogen (secondary N) is 1. The van der Waals surface area contributed by atoms with Crippen molar-refractivity contribution < 1.29 is 12.8 Å². The average molecular weight is 295 g/mol. The van der Waals surface area contributed by atoms with Crippen molar-refractivity contribution in [1.29, 1.82) is 0 Å². The minimum atomic E-state index is -3.70. The average Bonchev–Trinajstić information content (AvgIpc) is 2.37. The molecule has 20 heavy (non-hydrogen) atoms. The van der Waals surface area contributed by atoms with Gasteiger partial charge in [0.25, 0.3) is 0 Å². The van der Waals surface area contributed by atoms with Crippen LogP contribution >= 0.6 is 0 Å². The van der Waals surface area contributed by atoms with E-state index >= 15 is 0 Å². The van der Waals surface area contributed by atoms with E-state index in [1.165, 1.54) is 12.1 Å². The second kappa shape index (κ2) is 5.64. The Morgan fingerprint density at radius 1 is 1.15 bits per heavy atom. The Morgan fingerprint density at radius 3 is 2.50 bits per heavy atom. The van der Waals surface area contributed by atoms with Crippen LogP contribution in [0.15, 0.2) is 35.2 Å². The van der Waals surface area contributed by atoms with E-state index in [0.29, 0.717) is 11.3 Å². The Hall–Kier alpha value is -1.86. The molecular weight excluding hydrogens is 281 g/mol. The van der Waals surface area contributed by atoms with Crippen molar-refractivity contribution in [3.8, 4) is 0 Å². The van der Waals surface area contributed by atoms with E-state index in [9.17, 15) is 12.8 Å². The number of benzene rings is 1. The fourth-order valence-electron chi connectivity index (χ4n) is 1.68. The molecule has 0 saturated heterocycles. The van der Waals surface area contributed by atoms with Gasteiger partial charge in [-0.3, -0.25) is 0 Å². The van der Waals surface area contributed by atoms with Gasteiger partial charge in [0, 0.05) is 0 Å². The number of rotatable bonds is 4. The predicted molar refractivity (Wildman–Crippen MR) is 71.9 cm³/mol. The normalized spacial score (nSPS) is 11.6. The summed E-state index contributed by atoms with van der Waals surface area (Å²) >= 11 is 0. The van der Waals surface area contributed by atoms with Crippen molar-refractivity contribution in [3.05, 3.63) is 53.1 Å². The van der Waals surface area contributed by atoms with Crippen LogP contribution in [0.2, 0.25) is 0 Å². The quantitative estimate of drug-likeness (QED) is 0.932. The number of sulfonamides is 1. The van der Waals surface area contributed by atoms with Crippen molar-refractivity contribution >= 4 is 10.0 Å². The standard InChI is InChI=1S/C13H14FN3O2S/c1-9-7-11(14)4-6-13(9)20(18,19)15-8-12-5-3-10(2)16-17-12/h3-7,15H,8H2,1-2H3. The van der Waals surface area contributed by atoms with E-state index in [2.05, 4.69) is 14.9 Å². The summed E-state index contributed by atoms with van der Waals surface area (Å²) in [6, 6.07) is 6.99. The van der Waals surface area contributed by atoms with Crippen molar-refractivity contribution in [2.75, 3.05) is 0 Å². The molecule has 7 heteroatoms. The van der Waals surface area contributed by atoms with Crippen LogP contribution in [-0.4, -0.2) is 18.6 Å². The molecule has 5 nitrogen and oxygen atoms in total. The van der Waals surface area contributed by atoms with Gasteiger partial charge in [-0.1, -0.05) is 0 Å². The first kappa shape index (κ1) is 14.5. The summed E-state index contributed by atoms with van der Waals surface area (Å²) < 4.78 is 39.7. The van der Waals surface area contributed by atoms with Gasteiger partial charge in [0.1, 0.15) is 5.82 Å². The molecule has 0 saturated carbocycles. The first-order valence-electron chi connectivity index (χ1n) is 5.93. The maximum absolute atomic E-state index is 13.0. The third kappa shape index (κ3) is 3.37. The topological polar surface area (TPSA) is 72.0 Å². The molecule has 2 rings (SSSR count). The van der Waals surface area contributed by atoms with Gasteiger partial charge in [0.2, 0.25) is 10.0 Å². The Balaban J connectivity index is 2.17. The maximum atomic E-state index is 13.0. The number of halogens is 1. The van der Waals surface area contributed by atoms with Gasteiger partial charge < -0.3 is 0 Å². The molecular formula is C13H14FN3O2S. The van der Waals surface area contributed by atoms with Gasteiger partial charge in [-0.25, -0.2) is 17.5 Å². The van der Waals surface area contributed by atoms with E-state index in [0.717, 1.165) is 11.8 Å². The number of hydrogen-bond acceptors (Lipinski definition) is 4. The summed E-state index contributed by atoms with van der Waals surface area (Å²) in [4.78, 5) is 0.0546. The summed E-state index contributed by atoms with van der Waals surface area (Å²) in [5.41, 5.74) is 1.62. The number of aryl methyl sites for hydroxylation is 2. The lowest BCUT2D eigenvalue weighted by molar-refractivity contribution is 0.578. The molecule has 106 valence electrons. The molecule has 1 aromatic heterocycles. The fraction of sp³-hybridized carbons (Fsp3) is 0.231. The van der Waals surface area contributed by atoms with Gasteiger partial charge in [0.05, 0.1) is 22.8 Å². The van der Waals surface area contributed by atoms with E-state index in [4.69, 9.17) is 0 Å². The zero-order chi connectivity index (χ0) is 14.8. The van der Waals surface area contributed by atoms with E-state index < -0.39 is 15.8 Å². The smallest absolute Gasteiger partial charge is 0.207 e. The molecule has 0 aliphatic carbocycles. The maximum Gasteiger partial charge on any atom is 0.241 e. The van der Waals surface area contributed by atoms with E-state index in [1.807, 2.05) is 0 Å². The lowest BCUT2D eigenvalue weighted by Crippen LogP contribution is -2.24. The second-order valence-corrected chi connectivity index (χ2v) is 6.14. The summed E-state index contributed by atoms with van der Waals surface area (Å²) in [5, 5.41) is 7.72. The Kier molecular flexibility index (Phi) is 4.10. The molecule has 0 spiro atoms. The van der Waals surface area contributed by atoms with Gasteiger partial charge in [-0.15, -0.1) is 0 Å². The summed E-state index contributed by atoms with van der Waals surface area (Å²) in [6.45, 7) is 3.37. The van der Waals surface area contributed by atoms with E-state index in [1.54, 1.807) is 26.0 Å². The van der Waals surface area contributed by atoms with Crippen molar-refractivity contribution in [3.63, 3.8) is 0 Å². The monoisotopic (exact) mass is 295 g/mol. The van der Waals surface area contributed by atoms with Gasteiger partial charge >= 0.3 is 0 Å². The summed E-state index contributed by atoms with van der Waals surface area (Å²) in [6.07, 6.45) is 0. The Bertz CT molecular complexity index is 715. The molecule has 1 N–H and O–H groups in total. The molecule has 0 aliphatic rings. The van der Waals surface area contributed by atoms with E-state index in [-0.39, 0.29) is 11.4 Å². The molecule has 0 atom stereocenters. The third-order valence-corrected chi connectivity index (χ3v) is 4.28. The highest BCUT2D eigenvalue weighted by Gasteiger charge is 2.17. The Morgan fingerprint density at radius 2 is 1.90 bits per heavy atom. The van der Waals surface area contributed by atoms with Crippen molar-refractivity contribution in [2.24, 2.45) is 0 Å². The lowest BCUT2D eigenvalue weighted by atomic mass is 10.2. The van der Waals surface area contributed by atoms with Crippen LogP contribution in [-0.2, 0) is 16.6 Å². The van der Waals surface area contributed by atoms with Crippen molar-refractivity contribution in [1.82, 2.24) is 14.9 Å². The van der Waals surface area contributed by atoms with Crippen LogP contribution in [0.3, 0.4) is 0 Å². The highest BCUT2D eigenvalue weighted by Crippen LogP contribution is 2.16. The summed E-state index contributed by atoms with van der Waals surface area (Å²) in [7, 11) is -3.70. The SMILES string of the molecule is Cc1ccc(CNS(=O)(=O)c2ccc(F)cc2C)nn1. The van der Waals surface area contributed by atoms with Crippen LogP contribution in [0, 0.1) is 19.7 Å². The highest BCUT2D eigenvalue weighted by molar-refractivity contribution is 7.89. The number of hydrogen-bond donors (Lipinski definition) is 1. The molecule has 1 aromatic carbocycles. The zero-order valence-corrected chi connectivity index (χ0v) is 11.9. The summed E-state index contributed by atoms with van der Waals surface area (Å²) in [5.74, 6) is -0.467.